The molecule has 0 aromatic heterocycles. The maximum absolute atomic E-state index is 8.83. The maximum atomic E-state index is 8.83. The number of hydrogen-bond donors (Lipinski definition) is 1. The highest BCUT2D eigenvalue weighted by Gasteiger charge is 2.15. The monoisotopic (exact) mass is 127 g/mol. The highest BCUT2D eigenvalue weighted by atomic mass is 16.3. The van der Waals surface area contributed by atoms with Gasteiger partial charge in [0.1, 0.15) is 6.10 Å². The van der Waals surface area contributed by atoms with Gasteiger partial charge in [-0.25, -0.2) is 0 Å². The third kappa shape index (κ3) is 5.32. The summed E-state index contributed by atoms with van der Waals surface area (Å²) in [6, 6.07) is 1.78. The van der Waals surface area contributed by atoms with Gasteiger partial charge in [0, 0.05) is 0 Å². The van der Waals surface area contributed by atoms with Crippen molar-refractivity contribution >= 4 is 0 Å². The van der Waals surface area contributed by atoms with Gasteiger partial charge in [0.2, 0.25) is 0 Å². The molecule has 2 heteroatoms. The van der Waals surface area contributed by atoms with E-state index in [0.29, 0.717) is 6.42 Å². The van der Waals surface area contributed by atoms with Crippen LogP contribution in [0.25, 0.3) is 0 Å². The molecule has 0 aliphatic rings. The van der Waals surface area contributed by atoms with Crippen LogP contribution in [0.15, 0.2) is 0 Å². The molecule has 0 spiro atoms. The zero-order chi connectivity index (χ0) is 7.49. The van der Waals surface area contributed by atoms with Crippen LogP contribution in [0.1, 0.15) is 27.2 Å². The third-order valence-electron chi connectivity index (χ3n) is 0.955. The first-order valence-corrected chi connectivity index (χ1v) is 3.03. The third-order valence-corrected chi connectivity index (χ3v) is 0.955. The molecule has 1 N–H and O–H groups in total. The molecule has 52 valence electrons. The first-order chi connectivity index (χ1) is 3.95. The molecule has 0 aliphatic heterocycles. The fourth-order valence-electron chi connectivity index (χ4n) is 0.626. The molecule has 9 heavy (non-hydrogen) atoms. The molecule has 0 saturated carbocycles. The second-order valence-corrected chi connectivity index (χ2v) is 3.41. The van der Waals surface area contributed by atoms with Crippen LogP contribution in [0.4, 0.5) is 0 Å². The van der Waals surface area contributed by atoms with Gasteiger partial charge in [0.05, 0.1) is 6.07 Å². The number of rotatable bonds is 1. The van der Waals surface area contributed by atoms with Crippen molar-refractivity contribution in [2.75, 3.05) is 0 Å². The Morgan fingerprint density at radius 3 is 2.11 bits per heavy atom. The van der Waals surface area contributed by atoms with Crippen LogP contribution in [0, 0.1) is 16.7 Å². The molecule has 0 aliphatic carbocycles. The predicted octanol–water partition coefficient (Wildman–Crippen LogP) is 1.31. The van der Waals surface area contributed by atoms with Crippen LogP contribution in [-0.2, 0) is 0 Å². The summed E-state index contributed by atoms with van der Waals surface area (Å²) < 4.78 is 0. The summed E-state index contributed by atoms with van der Waals surface area (Å²) in [6.45, 7) is 5.98. The minimum Gasteiger partial charge on any atom is -0.378 e. The Bertz CT molecular complexity index is 118. The smallest absolute Gasteiger partial charge is 0.141 e. The molecular formula is C7H13NO. The largest absolute Gasteiger partial charge is 0.378 e. The lowest BCUT2D eigenvalue weighted by atomic mass is 9.90. The molecule has 0 amide bonds. The molecule has 0 rings (SSSR count). The van der Waals surface area contributed by atoms with E-state index in [4.69, 9.17) is 10.4 Å². The molecule has 0 radical (unpaired) electrons. The molecule has 1 atom stereocenters. The normalized spacial score (nSPS) is 14.6. The molecular weight excluding hydrogens is 114 g/mol. The average molecular weight is 127 g/mol. The number of aliphatic hydroxyl groups excluding tert-OH is 1. The first kappa shape index (κ1) is 8.45. The van der Waals surface area contributed by atoms with E-state index in [-0.39, 0.29) is 5.41 Å². The topological polar surface area (TPSA) is 44.0 Å². The van der Waals surface area contributed by atoms with Crippen molar-refractivity contribution in [3.8, 4) is 6.07 Å². The van der Waals surface area contributed by atoms with Crippen LogP contribution in [0.5, 0.6) is 0 Å². The van der Waals surface area contributed by atoms with Gasteiger partial charge in [-0.2, -0.15) is 5.26 Å². The maximum Gasteiger partial charge on any atom is 0.141 e. The zero-order valence-corrected chi connectivity index (χ0v) is 6.18. The Morgan fingerprint density at radius 1 is 1.56 bits per heavy atom. The van der Waals surface area contributed by atoms with Crippen molar-refractivity contribution in [1.82, 2.24) is 0 Å². The number of nitriles is 1. The summed E-state index contributed by atoms with van der Waals surface area (Å²) in [6.07, 6.45) is -0.256. The summed E-state index contributed by atoms with van der Waals surface area (Å²) in [4.78, 5) is 0. The zero-order valence-electron chi connectivity index (χ0n) is 6.18. The second kappa shape index (κ2) is 2.84. The highest BCUT2D eigenvalue weighted by molar-refractivity contribution is 4.85. The Balaban J connectivity index is 3.63. The summed E-state index contributed by atoms with van der Waals surface area (Å²) in [5.74, 6) is 0. The van der Waals surface area contributed by atoms with Crippen molar-refractivity contribution in [3.05, 3.63) is 0 Å². The Morgan fingerprint density at radius 2 is 2.00 bits per heavy atom. The van der Waals surface area contributed by atoms with Crippen molar-refractivity contribution in [2.45, 2.75) is 33.3 Å². The van der Waals surface area contributed by atoms with Gasteiger partial charge in [0.15, 0.2) is 0 Å². The van der Waals surface area contributed by atoms with E-state index < -0.39 is 6.10 Å². The van der Waals surface area contributed by atoms with Crippen LogP contribution in [-0.4, -0.2) is 11.2 Å². The van der Waals surface area contributed by atoms with Crippen LogP contribution >= 0.6 is 0 Å². The predicted molar refractivity (Wildman–Crippen MR) is 35.7 cm³/mol. The summed E-state index contributed by atoms with van der Waals surface area (Å²) in [5.41, 5.74) is 0.0507. The molecule has 0 saturated heterocycles. The van der Waals surface area contributed by atoms with Gasteiger partial charge in [-0.15, -0.1) is 0 Å². The Kier molecular flexibility index (Phi) is 2.66. The first-order valence-electron chi connectivity index (χ1n) is 3.03. The number of aliphatic hydroxyl groups is 1. The van der Waals surface area contributed by atoms with Crippen LogP contribution < -0.4 is 0 Å². The fraction of sp³-hybridized carbons (Fsp3) is 0.857. The number of nitrogens with zero attached hydrogens (tertiary/aromatic N) is 1. The highest BCUT2D eigenvalue weighted by Crippen LogP contribution is 2.19. The molecule has 0 heterocycles. The van der Waals surface area contributed by atoms with Gasteiger partial charge in [-0.1, -0.05) is 20.8 Å². The lowest BCUT2D eigenvalue weighted by Gasteiger charge is -2.17. The van der Waals surface area contributed by atoms with Gasteiger partial charge in [-0.05, 0) is 11.8 Å². The van der Waals surface area contributed by atoms with Gasteiger partial charge in [-0.3, -0.25) is 0 Å². The summed E-state index contributed by atoms with van der Waals surface area (Å²) in [5, 5.41) is 17.0. The quantitative estimate of drug-likeness (QED) is 0.540. The van der Waals surface area contributed by atoms with Crippen LogP contribution in [0.2, 0.25) is 0 Å². The Hall–Kier alpha value is -0.550. The standard InChI is InChI=1S/C7H13NO/c1-7(2,3)4-6(9)5-8/h6,9H,4H2,1-3H3. The molecule has 0 bridgehead atoms. The van der Waals surface area contributed by atoms with Gasteiger partial charge < -0.3 is 5.11 Å². The fourth-order valence-corrected chi connectivity index (χ4v) is 0.626. The van der Waals surface area contributed by atoms with E-state index in [9.17, 15) is 0 Å². The summed E-state index contributed by atoms with van der Waals surface area (Å²) >= 11 is 0. The average Bonchev–Trinajstić information content (AvgIpc) is 1.62. The SMILES string of the molecule is CC(C)(C)CC(O)C#N. The minimum absolute atomic E-state index is 0.0507. The van der Waals surface area contributed by atoms with Crippen molar-refractivity contribution in [1.29, 1.82) is 5.26 Å². The van der Waals surface area contributed by atoms with E-state index in [0.717, 1.165) is 0 Å². The summed E-state index contributed by atoms with van der Waals surface area (Å²) in [7, 11) is 0. The van der Waals surface area contributed by atoms with E-state index in [1.54, 1.807) is 6.07 Å². The van der Waals surface area contributed by atoms with Crippen LogP contribution in [0.3, 0.4) is 0 Å². The molecule has 0 aromatic carbocycles. The minimum atomic E-state index is -0.801. The molecule has 0 fully saturated rings. The van der Waals surface area contributed by atoms with Crippen molar-refractivity contribution in [3.63, 3.8) is 0 Å². The molecule has 2 nitrogen and oxygen atoms in total. The molecule has 0 aromatic rings. The van der Waals surface area contributed by atoms with Gasteiger partial charge in [0.25, 0.3) is 0 Å². The Labute approximate surface area is 56.1 Å². The van der Waals surface area contributed by atoms with Gasteiger partial charge >= 0.3 is 0 Å². The lowest BCUT2D eigenvalue weighted by molar-refractivity contribution is 0.168. The van der Waals surface area contributed by atoms with Crippen molar-refractivity contribution < 1.29 is 5.11 Å². The number of hydrogen-bond acceptors (Lipinski definition) is 2. The lowest BCUT2D eigenvalue weighted by Crippen LogP contribution is -2.15. The van der Waals surface area contributed by atoms with Crippen molar-refractivity contribution in [2.24, 2.45) is 5.41 Å². The molecule has 1 unspecified atom stereocenters. The van der Waals surface area contributed by atoms with E-state index >= 15 is 0 Å². The van der Waals surface area contributed by atoms with E-state index in [1.807, 2.05) is 20.8 Å². The second-order valence-electron chi connectivity index (χ2n) is 3.41. The van der Waals surface area contributed by atoms with E-state index in [2.05, 4.69) is 0 Å². The van der Waals surface area contributed by atoms with E-state index in [1.165, 1.54) is 0 Å².